The molecule has 1 fully saturated rings. The first-order valence-electron chi connectivity index (χ1n) is 5.94. The minimum Gasteiger partial charge on any atom is -0.481 e. The fourth-order valence-corrected chi connectivity index (χ4v) is 2.65. The molecule has 0 aromatic rings. The van der Waals surface area contributed by atoms with Crippen LogP contribution in [0.1, 0.15) is 58.8 Å². The summed E-state index contributed by atoms with van der Waals surface area (Å²) in [5.41, 5.74) is -1.44. The third-order valence-corrected chi connectivity index (χ3v) is 4.00. The smallest absolute Gasteiger partial charge is 0.309 e. The average molecular weight is 214 g/mol. The van der Waals surface area contributed by atoms with Gasteiger partial charge in [0.15, 0.2) is 0 Å². The Morgan fingerprint density at radius 3 is 2.07 bits per heavy atom. The Kier molecular flexibility index (Phi) is 3.77. The van der Waals surface area contributed by atoms with E-state index in [0.717, 1.165) is 25.7 Å². The molecular formula is C12H22O3. The fraction of sp³-hybridized carbons (Fsp3) is 0.917. The first-order chi connectivity index (χ1) is 6.98. The highest BCUT2D eigenvalue weighted by Gasteiger charge is 2.46. The Balaban J connectivity index is 2.79. The molecule has 0 aromatic heterocycles. The van der Waals surface area contributed by atoms with E-state index in [9.17, 15) is 15.0 Å². The summed E-state index contributed by atoms with van der Waals surface area (Å²) in [5.74, 6) is -0.722. The van der Waals surface area contributed by atoms with Crippen molar-refractivity contribution in [1.29, 1.82) is 0 Å². The number of aliphatic carboxylic acids is 1. The van der Waals surface area contributed by atoms with Crippen LogP contribution >= 0.6 is 0 Å². The second kappa shape index (κ2) is 4.52. The van der Waals surface area contributed by atoms with Gasteiger partial charge in [-0.3, -0.25) is 4.79 Å². The molecule has 88 valence electrons. The highest BCUT2D eigenvalue weighted by molar-refractivity contribution is 5.75. The number of hydrogen-bond acceptors (Lipinski definition) is 2. The van der Waals surface area contributed by atoms with Gasteiger partial charge in [-0.2, -0.15) is 0 Å². The van der Waals surface area contributed by atoms with Gasteiger partial charge in [0.2, 0.25) is 0 Å². The van der Waals surface area contributed by atoms with Crippen LogP contribution < -0.4 is 0 Å². The molecule has 0 heterocycles. The van der Waals surface area contributed by atoms with E-state index in [0.29, 0.717) is 19.3 Å². The Morgan fingerprint density at radius 2 is 1.73 bits per heavy atom. The van der Waals surface area contributed by atoms with Crippen LogP contribution in [0.4, 0.5) is 0 Å². The second-order valence-corrected chi connectivity index (χ2v) is 4.90. The van der Waals surface area contributed by atoms with Crippen molar-refractivity contribution in [1.82, 2.24) is 0 Å². The fourth-order valence-electron chi connectivity index (χ4n) is 2.65. The molecule has 1 aliphatic carbocycles. The largest absolute Gasteiger partial charge is 0.481 e. The SMILES string of the molecule is CCC(O)(CC)CC1(C(=O)O)CCCC1. The van der Waals surface area contributed by atoms with Gasteiger partial charge in [0.05, 0.1) is 11.0 Å². The van der Waals surface area contributed by atoms with Gasteiger partial charge in [-0.15, -0.1) is 0 Å². The highest BCUT2D eigenvalue weighted by atomic mass is 16.4. The van der Waals surface area contributed by atoms with Crippen molar-refractivity contribution in [3.63, 3.8) is 0 Å². The van der Waals surface area contributed by atoms with Crippen molar-refractivity contribution in [3.8, 4) is 0 Å². The van der Waals surface area contributed by atoms with E-state index in [4.69, 9.17) is 0 Å². The monoisotopic (exact) mass is 214 g/mol. The highest BCUT2D eigenvalue weighted by Crippen LogP contribution is 2.45. The molecule has 0 aliphatic heterocycles. The lowest BCUT2D eigenvalue weighted by molar-refractivity contribution is -0.153. The van der Waals surface area contributed by atoms with Crippen molar-refractivity contribution in [2.24, 2.45) is 5.41 Å². The van der Waals surface area contributed by atoms with Crippen molar-refractivity contribution >= 4 is 5.97 Å². The maximum Gasteiger partial charge on any atom is 0.309 e. The van der Waals surface area contributed by atoms with Gasteiger partial charge < -0.3 is 10.2 Å². The Hall–Kier alpha value is -0.570. The van der Waals surface area contributed by atoms with Crippen molar-refractivity contribution in [2.45, 2.75) is 64.4 Å². The Morgan fingerprint density at radius 1 is 1.27 bits per heavy atom. The normalized spacial score (nSPS) is 20.5. The molecule has 15 heavy (non-hydrogen) atoms. The Labute approximate surface area is 91.5 Å². The zero-order valence-corrected chi connectivity index (χ0v) is 9.75. The van der Waals surface area contributed by atoms with Crippen molar-refractivity contribution < 1.29 is 15.0 Å². The van der Waals surface area contributed by atoms with Crippen molar-refractivity contribution in [2.75, 3.05) is 0 Å². The van der Waals surface area contributed by atoms with E-state index in [1.807, 2.05) is 13.8 Å². The Bertz CT molecular complexity index is 225. The van der Waals surface area contributed by atoms with Gasteiger partial charge in [0.25, 0.3) is 0 Å². The topological polar surface area (TPSA) is 57.5 Å². The third kappa shape index (κ3) is 2.51. The van der Waals surface area contributed by atoms with E-state index >= 15 is 0 Å². The summed E-state index contributed by atoms with van der Waals surface area (Å²) in [5, 5.41) is 19.5. The van der Waals surface area contributed by atoms with E-state index in [2.05, 4.69) is 0 Å². The van der Waals surface area contributed by atoms with Crippen LogP contribution in [-0.4, -0.2) is 21.8 Å². The molecule has 0 aromatic carbocycles. The lowest BCUT2D eigenvalue weighted by atomic mass is 9.74. The standard InChI is InChI=1S/C12H22O3/c1-3-12(15,4-2)9-11(10(13)14)7-5-6-8-11/h15H,3-9H2,1-2H3,(H,13,14). The molecule has 1 aliphatic rings. The minimum absolute atomic E-state index is 0.419. The summed E-state index contributed by atoms with van der Waals surface area (Å²) < 4.78 is 0. The number of hydrogen-bond donors (Lipinski definition) is 2. The molecule has 0 radical (unpaired) electrons. The predicted molar refractivity (Wildman–Crippen MR) is 58.7 cm³/mol. The van der Waals surface area contributed by atoms with E-state index < -0.39 is 17.0 Å². The van der Waals surface area contributed by atoms with E-state index in [-0.39, 0.29) is 0 Å². The zero-order valence-electron chi connectivity index (χ0n) is 9.75. The molecule has 1 rings (SSSR count). The number of rotatable bonds is 5. The molecule has 1 saturated carbocycles. The molecule has 2 N–H and O–H groups in total. The van der Waals surface area contributed by atoms with Crippen LogP contribution in [0.15, 0.2) is 0 Å². The molecule has 3 heteroatoms. The van der Waals surface area contributed by atoms with Crippen LogP contribution in [0.25, 0.3) is 0 Å². The number of aliphatic hydroxyl groups is 1. The number of carboxylic acid groups (broad SMARTS) is 1. The van der Waals surface area contributed by atoms with E-state index in [1.165, 1.54) is 0 Å². The summed E-state index contributed by atoms with van der Waals surface area (Å²) >= 11 is 0. The predicted octanol–water partition coefficient (Wildman–Crippen LogP) is 2.57. The van der Waals surface area contributed by atoms with Crippen molar-refractivity contribution in [3.05, 3.63) is 0 Å². The summed E-state index contributed by atoms with van der Waals surface area (Å²) in [4.78, 5) is 11.3. The lowest BCUT2D eigenvalue weighted by Gasteiger charge is -2.34. The van der Waals surface area contributed by atoms with E-state index in [1.54, 1.807) is 0 Å². The first-order valence-corrected chi connectivity index (χ1v) is 5.94. The summed E-state index contributed by atoms with van der Waals surface area (Å²) in [7, 11) is 0. The average Bonchev–Trinajstić information content (AvgIpc) is 2.67. The summed E-state index contributed by atoms with van der Waals surface area (Å²) in [6.07, 6.45) is 5.11. The zero-order chi connectivity index (χ0) is 11.5. The van der Waals surface area contributed by atoms with Gasteiger partial charge in [0, 0.05) is 0 Å². The number of carbonyl (C=O) groups is 1. The molecular weight excluding hydrogens is 192 g/mol. The molecule has 0 saturated heterocycles. The molecule has 0 unspecified atom stereocenters. The quantitative estimate of drug-likeness (QED) is 0.739. The molecule has 0 amide bonds. The lowest BCUT2D eigenvalue weighted by Crippen LogP contribution is -2.39. The van der Waals surface area contributed by atoms with Crippen LogP contribution in [0.5, 0.6) is 0 Å². The molecule has 3 nitrogen and oxygen atoms in total. The minimum atomic E-state index is -0.789. The maximum atomic E-state index is 11.3. The number of carboxylic acids is 1. The molecule has 0 bridgehead atoms. The van der Waals surface area contributed by atoms with Crippen LogP contribution in [0.2, 0.25) is 0 Å². The van der Waals surface area contributed by atoms with Gasteiger partial charge in [-0.1, -0.05) is 26.7 Å². The first kappa shape index (κ1) is 12.5. The van der Waals surface area contributed by atoms with Gasteiger partial charge >= 0.3 is 5.97 Å². The maximum absolute atomic E-state index is 11.3. The second-order valence-electron chi connectivity index (χ2n) is 4.90. The van der Waals surface area contributed by atoms with Crippen LogP contribution in [0, 0.1) is 5.41 Å². The van der Waals surface area contributed by atoms with Crippen LogP contribution in [0.3, 0.4) is 0 Å². The van der Waals surface area contributed by atoms with Gasteiger partial charge in [-0.25, -0.2) is 0 Å². The van der Waals surface area contributed by atoms with Gasteiger partial charge in [-0.05, 0) is 32.1 Å². The molecule has 0 spiro atoms. The van der Waals surface area contributed by atoms with Crippen LogP contribution in [-0.2, 0) is 4.79 Å². The van der Waals surface area contributed by atoms with Gasteiger partial charge in [0.1, 0.15) is 0 Å². The summed E-state index contributed by atoms with van der Waals surface area (Å²) in [6.45, 7) is 3.85. The molecule has 0 atom stereocenters. The third-order valence-electron chi connectivity index (χ3n) is 4.00. The summed E-state index contributed by atoms with van der Waals surface area (Å²) in [6, 6.07) is 0.